The van der Waals surface area contributed by atoms with Crippen LogP contribution in [0, 0.1) is 5.82 Å². The Kier molecular flexibility index (Phi) is 1.85. The number of H-pyrrole nitrogens is 1. The van der Waals surface area contributed by atoms with Crippen molar-refractivity contribution in [1.29, 1.82) is 0 Å². The van der Waals surface area contributed by atoms with Gasteiger partial charge in [-0.3, -0.25) is 0 Å². The molecule has 0 saturated heterocycles. The number of fused-ring (bicyclic) bond motifs is 1. The van der Waals surface area contributed by atoms with E-state index in [9.17, 15) is 4.39 Å². The van der Waals surface area contributed by atoms with Crippen LogP contribution in [0.4, 0.5) is 4.39 Å². The van der Waals surface area contributed by atoms with Gasteiger partial charge in [0, 0.05) is 5.39 Å². The van der Waals surface area contributed by atoms with Gasteiger partial charge < -0.3 is 4.98 Å². The van der Waals surface area contributed by atoms with E-state index in [4.69, 9.17) is 11.6 Å². The minimum Gasteiger partial charge on any atom is -0.347 e. The first kappa shape index (κ1) is 8.08. The van der Waals surface area contributed by atoms with Gasteiger partial charge in [-0.25, -0.2) is 4.39 Å². The summed E-state index contributed by atoms with van der Waals surface area (Å²) in [6, 6.07) is 5.11. The van der Waals surface area contributed by atoms with Gasteiger partial charge in [0.05, 0.1) is 15.1 Å². The lowest BCUT2D eigenvalue weighted by atomic mass is 10.2. The van der Waals surface area contributed by atoms with Crippen molar-refractivity contribution in [2.45, 2.75) is 0 Å². The maximum Gasteiger partial charge on any atom is 0.165 e. The molecule has 0 aliphatic heterocycles. The van der Waals surface area contributed by atoms with E-state index in [1.54, 1.807) is 18.2 Å². The lowest BCUT2D eigenvalue weighted by molar-refractivity contribution is 0.637. The van der Waals surface area contributed by atoms with Gasteiger partial charge in [0.1, 0.15) is 0 Å². The van der Waals surface area contributed by atoms with Gasteiger partial charge in [-0.05, 0) is 28.1 Å². The molecule has 0 aliphatic carbocycles. The number of hydrogen-bond donors (Lipinski definition) is 1. The van der Waals surface area contributed by atoms with Crippen molar-refractivity contribution in [3.63, 3.8) is 0 Å². The predicted molar refractivity (Wildman–Crippen MR) is 51.0 cm³/mol. The molecule has 2 aromatic rings. The van der Waals surface area contributed by atoms with Crippen molar-refractivity contribution in [3.05, 3.63) is 33.6 Å². The molecule has 1 aromatic heterocycles. The lowest BCUT2D eigenvalue weighted by Gasteiger charge is -1.93. The number of benzene rings is 1. The zero-order valence-electron chi connectivity index (χ0n) is 5.87. The third kappa shape index (κ3) is 1.13. The van der Waals surface area contributed by atoms with E-state index < -0.39 is 5.82 Å². The van der Waals surface area contributed by atoms with Crippen molar-refractivity contribution >= 4 is 38.4 Å². The third-order valence-electron chi connectivity index (χ3n) is 1.65. The van der Waals surface area contributed by atoms with Gasteiger partial charge in [-0.15, -0.1) is 0 Å². The highest BCUT2D eigenvalue weighted by molar-refractivity contribution is 9.10. The number of aromatic amines is 1. The molecule has 4 heteroatoms. The summed E-state index contributed by atoms with van der Waals surface area (Å²) >= 11 is 8.80. The second-order valence-corrected chi connectivity index (χ2v) is 3.70. The summed E-state index contributed by atoms with van der Waals surface area (Å²) in [6.45, 7) is 0. The molecule has 0 fully saturated rings. The number of hydrogen-bond acceptors (Lipinski definition) is 0. The van der Waals surface area contributed by atoms with Gasteiger partial charge in [-0.1, -0.05) is 17.7 Å². The fraction of sp³-hybridized carbons (Fsp3) is 0. The zero-order valence-corrected chi connectivity index (χ0v) is 8.21. The first-order valence-electron chi connectivity index (χ1n) is 3.30. The molecule has 1 nitrogen and oxygen atoms in total. The summed E-state index contributed by atoms with van der Waals surface area (Å²) in [4.78, 5) is 2.82. The largest absolute Gasteiger partial charge is 0.347 e. The SMILES string of the molecule is Fc1c(Cl)ccc2cc(Br)[nH]c12. The van der Waals surface area contributed by atoms with Crippen LogP contribution >= 0.6 is 27.5 Å². The Hall–Kier alpha value is -0.540. The summed E-state index contributed by atoms with van der Waals surface area (Å²) in [5.74, 6) is -0.403. The standard InChI is InChI=1S/C8H4BrClFN/c9-6-3-4-1-2-5(10)7(11)8(4)12-6/h1-3,12H. The number of aromatic nitrogens is 1. The quantitative estimate of drug-likeness (QED) is 0.731. The van der Waals surface area contributed by atoms with Crippen LogP contribution in [0.2, 0.25) is 5.02 Å². The molecule has 0 spiro atoms. The van der Waals surface area contributed by atoms with E-state index in [0.29, 0.717) is 5.52 Å². The zero-order chi connectivity index (χ0) is 8.72. The van der Waals surface area contributed by atoms with E-state index in [1.807, 2.05) is 0 Å². The fourth-order valence-electron chi connectivity index (χ4n) is 1.10. The average molecular weight is 248 g/mol. The Morgan fingerprint density at radius 3 is 2.92 bits per heavy atom. The van der Waals surface area contributed by atoms with Crippen LogP contribution in [-0.2, 0) is 0 Å². The second-order valence-electron chi connectivity index (χ2n) is 2.44. The van der Waals surface area contributed by atoms with E-state index >= 15 is 0 Å². The average Bonchev–Trinajstić information content (AvgIpc) is 2.39. The molecule has 0 aliphatic rings. The Balaban J connectivity index is 2.89. The van der Waals surface area contributed by atoms with Crippen LogP contribution in [0.3, 0.4) is 0 Å². The molecule has 0 atom stereocenters. The summed E-state index contributed by atoms with van der Waals surface area (Å²) < 4.78 is 14.0. The lowest BCUT2D eigenvalue weighted by Crippen LogP contribution is -1.78. The van der Waals surface area contributed by atoms with Crippen molar-refractivity contribution in [1.82, 2.24) is 4.98 Å². The molecule has 1 heterocycles. The Morgan fingerprint density at radius 1 is 1.42 bits per heavy atom. The van der Waals surface area contributed by atoms with Gasteiger partial charge >= 0.3 is 0 Å². The van der Waals surface area contributed by atoms with Crippen LogP contribution in [0.1, 0.15) is 0 Å². The summed E-state index contributed by atoms with van der Waals surface area (Å²) in [5, 5.41) is 0.945. The number of halogens is 3. The minimum atomic E-state index is -0.403. The van der Waals surface area contributed by atoms with E-state index in [0.717, 1.165) is 9.99 Å². The normalized spacial score (nSPS) is 10.9. The molecule has 0 amide bonds. The molecule has 0 saturated carbocycles. The van der Waals surface area contributed by atoms with Crippen LogP contribution in [0.25, 0.3) is 10.9 Å². The first-order chi connectivity index (χ1) is 5.68. The van der Waals surface area contributed by atoms with Gasteiger partial charge in [0.25, 0.3) is 0 Å². The van der Waals surface area contributed by atoms with Crippen LogP contribution in [0.15, 0.2) is 22.8 Å². The topological polar surface area (TPSA) is 15.8 Å². The fourth-order valence-corrected chi connectivity index (χ4v) is 1.71. The van der Waals surface area contributed by atoms with E-state index in [1.165, 1.54) is 0 Å². The maximum atomic E-state index is 13.2. The highest BCUT2D eigenvalue weighted by Crippen LogP contribution is 2.26. The van der Waals surface area contributed by atoms with Gasteiger partial charge in [-0.2, -0.15) is 0 Å². The minimum absolute atomic E-state index is 0.136. The molecular weight excluding hydrogens is 244 g/mol. The van der Waals surface area contributed by atoms with Crippen molar-refractivity contribution in [2.75, 3.05) is 0 Å². The van der Waals surface area contributed by atoms with Gasteiger partial charge in [0.15, 0.2) is 5.82 Å². The molecule has 1 N–H and O–H groups in total. The molecule has 0 radical (unpaired) electrons. The molecule has 0 unspecified atom stereocenters. The van der Waals surface area contributed by atoms with Crippen molar-refractivity contribution in [3.8, 4) is 0 Å². The predicted octanol–water partition coefficient (Wildman–Crippen LogP) is 3.72. The summed E-state index contributed by atoms with van der Waals surface area (Å²) in [6.07, 6.45) is 0. The third-order valence-corrected chi connectivity index (χ3v) is 2.37. The first-order valence-corrected chi connectivity index (χ1v) is 4.48. The van der Waals surface area contributed by atoms with Crippen LogP contribution in [0.5, 0.6) is 0 Å². The van der Waals surface area contributed by atoms with E-state index in [-0.39, 0.29) is 5.02 Å². The van der Waals surface area contributed by atoms with Crippen molar-refractivity contribution < 1.29 is 4.39 Å². The van der Waals surface area contributed by atoms with Crippen LogP contribution in [-0.4, -0.2) is 4.98 Å². The number of nitrogens with one attached hydrogen (secondary N) is 1. The molecule has 62 valence electrons. The van der Waals surface area contributed by atoms with Gasteiger partial charge in [0.2, 0.25) is 0 Å². The van der Waals surface area contributed by atoms with Crippen molar-refractivity contribution in [2.24, 2.45) is 0 Å². The molecule has 0 bridgehead atoms. The summed E-state index contributed by atoms with van der Waals surface area (Å²) in [7, 11) is 0. The molecule has 12 heavy (non-hydrogen) atoms. The highest BCUT2D eigenvalue weighted by Gasteiger charge is 2.07. The second kappa shape index (κ2) is 2.75. The number of rotatable bonds is 0. The monoisotopic (exact) mass is 247 g/mol. The van der Waals surface area contributed by atoms with Crippen LogP contribution < -0.4 is 0 Å². The van der Waals surface area contributed by atoms with E-state index in [2.05, 4.69) is 20.9 Å². The Bertz CT molecular complexity index is 438. The summed E-state index contributed by atoms with van der Waals surface area (Å²) in [5.41, 5.74) is 0.439. The smallest absolute Gasteiger partial charge is 0.165 e. The highest BCUT2D eigenvalue weighted by atomic mass is 79.9. The maximum absolute atomic E-state index is 13.2. The molecule has 2 rings (SSSR count). The Labute approximate surface area is 81.7 Å². The molecule has 1 aromatic carbocycles. The Morgan fingerprint density at radius 2 is 2.17 bits per heavy atom. The molecular formula is C8H4BrClFN.